The van der Waals surface area contributed by atoms with E-state index in [1.165, 1.54) is 19.4 Å². The number of benzene rings is 1. The van der Waals surface area contributed by atoms with Crippen molar-refractivity contribution in [3.05, 3.63) is 29.8 Å². The van der Waals surface area contributed by atoms with Crippen LogP contribution < -0.4 is 15.8 Å². The molecule has 0 saturated heterocycles. The van der Waals surface area contributed by atoms with E-state index in [1.807, 2.05) is 0 Å². The summed E-state index contributed by atoms with van der Waals surface area (Å²) in [5.74, 6) is -0.629. The molecule has 24 heavy (non-hydrogen) atoms. The quantitative estimate of drug-likeness (QED) is 0.261. The van der Waals surface area contributed by atoms with Gasteiger partial charge in [-0.3, -0.25) is 10.4 Å². The van der Waals surface area contributed by atoms with E-state index in [4.69, 9.17) is 17.0 Å². The molecule has 0 heterocycles. The second-order valence-electron chi connectivity index (χ2n) is 4.90. The number of methoxy groups -OCH3 is 1. The Balaban J connectivity index is 2.56. The molecule has 1 aromatic carbocycles. The van der Waals surface area contributed by atoms with Crippen LogP contribution >= 0.6 is 0 Å². The lowest BCUT2D eigenvalue weighted by atomic mass is 10.1. The number of phenolic OH excluding ortho intramolecular Hbond substituents is 1. The van der Waals surface area contributed by atoms with E-state index in [0.717, 1.165) is 5.56 Å². The summed E-state index contributed by atoms with van der Waals surface area (Å²) in [7, 11) is 1.46. The highest BCUT2D eigenvalue weighted by Gasteiger charge is 2.14. The maximum atomic E-state index is 11.2. The van der Waals surface area contributed by atoms with Crippen molar-refractivity contribution in [3.63, 3.8) is 0 Å². The molecule has 130 valence electrons. The molecule has 0 spiro atoms. The number of ether oxygens (including phenoxy) is 1. The zero-order valence-electron chi connectivity index (χ0n) is 14.3. The van der Waals surface area contributed by atoms with Crippen LogP contribution in [0.2, 0.25) is 1.41 Å². The first kappa shape index (κ1) is 17.3. The van der Waals surface area contributed by atoms with Gasteiger partial charge in [-0.05, 0) is 36.6 Å². The number of phenols is 1. The van der Waals surface area contributed by atoms with Gasteiger partial charge in [-0.2, -0.15) is 0 Å². The molecule has 1 rings (SSSR count). The van der Waals surface area contributed by atoms with Crippen molar-refractivity contribution in [2.24, 2.45) is 10.7 Å². The third-order valence-corrected chi connectivity index (χ3v) is 3.09. The van der Waals surface area contributed by atoms with Gasteiger partial charge in [0.2, 0.25) is 0 Å². The molecule has 8 heteroatoms. The molecule has 0 aromatic heterocycles. The molecule has 0 aliphatic rings. The number of aromatic hydroxyl groups is 1. The predicted molar refractivity (Wildman–Crippen MR) is 92.8 cm³/mol. The van der Waals surface area contributed by atoms with Gasteiger partial charge in [0.1, 0.15) is 6.04 Å². The number of aliphatic imine (C=N–C) groups is 1. The first-order valence-electron chi connectivity index (χ1n) is 7.73. The average molecular weight is 334 g/mol. The number of hydrogen-bond acceptors (Lipinski definition) is 5. The van der Waals surface area contributed by atoms with Gasteiger partial charge in [0, 0.05) is 12.8 Å². The SMILES string of the molecule is [H]/N=C(\N)NCCC[C@H](/N=C/C=C/c1ccc(O)c(OC)c1)C(=O)O. The number of aliphatic carboxylic acids is 1. The Morgan fingerprint density at radius 1 is 1.62 bits per heavy atom. The Kier molecular flexibility index (Phi) is 7.13. The monoisotopic (exact) mass is 334 g/mol. The van der Waals surface area contributed by atoms with E-state index < -0.39 is 12.0 Å². The van der Waals surface area contributed by atoms with Crippen LogP contribution in [0.25, 0.3) is 6.08 Å². The van der Waals surface area contributed by atoms with Crippen molar-refractivity contribution in [2.45, 2.75) is 18.9 Å². The van der Waals surface area contributed by atoms with E-state index in [9.17, 15) is 9.90 Å². The van der Waals surface area contributed by atoms with Crippen molar-refractivity contribution >= 4 is 24.2 Å². The maximum Gasteiger partial charge on any atom is 0.328 e. The molecule has 0 aliphatic heterocycles. The summed E-state index contributed by atoms with van der Waals surface area (Å²) in [6, 6.07) is 3.99. The van der Waals surface area contributed by atoms with Gasteiger partial charge in [0.25, 0.3) is 0 Å². The van der Waals surface area contributed by atoms with Crippen LogP contribution in [0.15, 0.2) is 29.3 Å². The lowest BCUT2D eigenvalue weighted by Gasteiger charge is -2.07. The van der Waals surface area contributed by atoms with E-state index in [-0.39, 0.29) is 11.7 Å². The number of nitrogens with zero attached hydrogens (tertiary/aromatic N) is 1. The van der Waals surface area contributed by atoms with Crippen LogP contribution in [-0.4, -0.2) is 48.1 Å². The highest BCUT2D eigenvalue weighted by atomic mass is 16.5. The normalized spacial score (nSPS) is 13.9. The Morgan fingerprint density at radius 3 is 3.08 bits per heavy atom. The van der Waals surface area contributed by atoms with Crippen molar-refractivity contribution in [1.82, 2.24) is 5.32 Å². The number of carboxylic acids is 1. The van der Waals surface area contributed by atoms with E-state index >= 15 is 0 Å². The molecule has 0 amide bonds. The fourth-order valence-corrected chi connectivity index (χ4v) is 1.88. The molecule has 8 nitrogen and oxygen atoms in total. The number of guanidine groups is 1. The summed E-state index contributed by atoms with van der Waals surface area (Å²) >= 11 is 0. The molecule has 1 atom stereocenters. The maximum absolute atomic E-state index is 11.2. The molecule has 0 radical (unpaired) electrons. The molecule has 6 N–H and O–H groups in total. The van der Waals surface area contributed by atoms with Gasteiger partial charge < -0.3 is 26.0 Å². The number of nitrogens with two attached hydrogens (primary N) is 1. The summed E-state index contributed by atoms with van der Waals surface area (Å²) in [6.07, 6.45) is 5.60. The van der Waals surface area contributed by atoms with Gasteiger partial charge in [0.15, 0.2) is 18.9 Å². The first-order chi connectivity index (χ1) is 12.0. The van der Waals surface area contributed by atoms with E-state index in [2.05, 4.69) is 15.7 Å². The van der Waals surface area contributed by atoms with E-state index in [1.54, 1.807) is 24.3 Å². The number of carbonyl (C=O) groups is 1. The molecule has 0 aliphatic carbocycles. The minimum atomic E-state index is -1.02. The van der Waals surface area contributed by atoms with Crippen LogP contribution in [0.3, 0.4) is 0 Å². The Bertz CT molecular complexity index is 662. The standard InChI is InChI=1S/C16H22N4O4/c1-24-14-10-11(6-7-13(14)21)4-2-8-19-12(15(22)23)5-3-9-20-16(17)18/h2,4,6-8,10,12,21H,3,5,9H2,1H3,(H,22,23)(H4,17,18,20)/b4-2+,19-8+/t12-/m0/s1. The summed E-state index contributed by atoms with van der Waals surface area (Å²) in [5.41, 5.74) is 6.08. The Labute approximate surface area is 141 Å². The third kappa shape index (κ3) is 6.82. The number of carboxylic acid groups (broad SMARTS) is 1. The van der Waals surface area contributed by atoms with Crippen molar-refractivity contribution < 1.29 is 21.2 Å². The molecular formula is C16H22N4O4. The molecule has 1 aromatic rings. The van der Waals surface area contributed by atoms with Gasteiger partial charge in [-0.1, -0.05) is 12.1 Å². The minimum absolute atomic E-state index is 0.0114. The fraction of sp³-hybridized carbons (Fsp3) is 0.312. The van der Waals surface area contributed by atoms with Crippen LogP contribution in [0, 0.1) is 5.40 Å². The summed E-state index contributed by atoms with van der Waals surface area (Å²) in [6.45, 7) is 0.413. The van der Waals surface area contributed by atoms with Gasteiger partial charge in [0.05, 0.1) is 7.11 Å². The highest BCUT2D eigenvalue weighted by molar-refractivity contribution is 5.82. The van der Waals surface area contributed by atoms with Crippen LogP contribution in [0.1, 0.15) is 18.4 Å². The van der Waals surface area contributed by atoms with Gasteiger partial charge in [-0.25, -0.2) is 4.79 Å². The lowest BCUT2D eigenvalue weighted by molar-refractivity contribution is -0.138. The third-order valence-electron chi connectivity index (χ3n) is 3.09. The minimum Gasteiger partial charge on any atom is -0.504 e. The lowest BCUT2D eigenvalue weighted by Crippen LogP contribution is -2.31. The number of allylic oxidation sites excluding steroid dienone is 1. The van der Waals surface area contributed by atoms with Crippen LogP contribution in [0.5, 0.6) is 11.5 Å². The Hall–Kier alpha value is -3.03. The van der Waals surface area contributed by atoms with Crippen molar-refractivity contribution in [2.75, 3.05) is 13.7 Å². The number of nitrogens with one attached hydrogen (secondary N) is 2. The zero-order chi connectivity index (χ0) is 18.7. The Morgan fingerprint density at radius 2 is 2.42 bits per heavy atom. The average Bonchev–Trinajstić information content (AvgIpc) is 2.60. The summed E-state index contributed by atoms with van der Waals surface area (Å²) in [4.78, 5) is 15.2. The number of hydrogen-bond donors (Lipinski definition) is 5. The van der Waals surface area contributed by atoms with E-state index in [0.29, 0.717) is 25.1 Å². The second kappa shape index (κ2) is 9.88. The van der Waals surface area contributed by atoms with Gasteiger partial charge >= 0.3 is 5.97 Å². The zero-order valence-corrected chi connectivity index (χ0v) is 13.3. The topological polar surface area (TPSA) is 141 Å². The molecular weight excluding hydrogens is 312 g/mol. The predicted octanol–water partition coefficient (Wildman–Crippen LogP) is 1.20. The van der Waals surface area contributed by atoms with Crippen molar-refractivity contribution in [3.8, 4) is 11.5 Å². The fourth-order valence-electron chi connectivity index (χ4n) is 1.88. The van der Waals surface area contributed by atoms with Crippen molar-refractivity contribution in [1.29, 1.82) is 5.40 Å². The molecule has 0 fully saturated rings. The van der Waals surface area contributed by atoms with Crippen LogP contribution in [-0.2, 0) is 4.79 Å². The molecule has 0 unspecified atom stereocenters. The number of rotatable bonds is 9. The highest BCUT2D eigenvalue weighted by Crippen LogP contribution is 2.26. The molecule has 0 bridgehead atoms. The van der Waals surface area contributed by atoms with Gasteiger partial charge in [-0.15, -0.1) is 0 Å². The summed E-state index contributed by atoms with van der Waals surface area (Å²) in [5, 5.41) is 24.4. The largest absolute Gasteiger partial charge is 0.504 e. The first-order valence-corrected chi connectivity index (χ1v) is 7.29. The second-order valence-corrected chi connectivity index (χ2v) is 4.90. The summed E-state index contributed by atoms with van der Waals surface area (Å²) < 4.78 is 11.7. The molecule has 0 saturated carbocycles. The smallest absolute Gasteiger partial charge is 0.328 e. The van der Waals surface area contributed by atoms with Crippen LogP contribution in [0.4, 0.5) is 0 Å².